The van der Waals surface area contributed by atoms with Crippen molar-refractivity contribution in [3.63, 3.8) is 0 Å². The number of rotatable bonds is 7. The number of aryl methyl sites for hydroxylation is 1. The molecule has 1 heterocycles. The fourth-order valence-corrected chi connectivity index (χ4v) is 2.58. The Bertz CT molecular complexity index is 671. The first kappa shape index (κ1) is 18.0. The molecule has 0 radical (unpaired) electrons. The van der Waals surface area contributed by atoms with E-state index in [0.717, 1.165) is 36.5 Å². The van der Waals surface area contributed by atoms with E-state index >= 15 is 0 Å². The van der Waals surface area contributed by atoms with Crippen molar-refractivity contribution in [2.24, 2.45) is 16.6 Å². The number of guanidine groups is 1. The average molecular weight is 327 g/mol. The second-order valence-electron chi connectivity index (χ2n) is 6.60. The highest BCUT2D eigenvalue weighted by atomic mass is 15.3. The second kappa shape index (κ2) is 8.52. The van der Waals surface area contributed by atoms with Gasteiger partial charge in [0.05, 0.1) is 18.8 Å². The van der Waals surface area contributed by atoms with E-state index in [1.165, 1.54) is 5.56 Å². The molecule has 0 amide bonds. The summed E-state index contributed by atoms with van der Waals surface area (Å²) in [6.07, 6.45) is 1.09. The van der Waals surface area contributed by atoms with Crippen molar-refractivity contribution >= 4 is 5.96 Å². The molecule has 0 saturated heterocycles. The lowest BCUT2D eigenvalue weighted by Gasteiger charge is -2.08. The van der Waals surface area contributed by atoms with Crippen LogP contribution < -0.4 is 11.1 Å². The van der Waals surface area contributed by atoms with Crippen molar-refractivity contribution in [2.45, 2.75) is 47.2 Å². The molecule has 3 N–H and O–H groups in total. The summed E-state index contributed by atoms with van der Waals surface area (Å²) in [5.74, 6) is 1.16. The van der Waals surface area contributed by atoms with Gasteiger partial charge in [0.2, 0.25) is 0 Å². The molecule has 0 unspecified atom stereocenters. The Balaban J connectivity index is 2.01. The largest absolute Gasteiger partial charge is 0.370 e. The molecule has 0 spiro atoms. The number of nitrogens with one attached hydrogen (secondary N) is 1. The maximum Gasteiger partial charge on any atom is 0.188 e. The predicted octanol–water partition coefficient (Wildman–Crippen LogP) is 3.00. The number of aliphatic imine (C=N–C) groups is 1. The molecule has 1 aromatic carbocycles. The van der Waals surface area contributed by atoms with E-state index in [0.29, 0.717) is 18.4 Å². The number of aromatic nitrogens is 2. The van der Waals surface area contributed by atoms with Gasteiger partial charge in [0.15, 0.2) is 5.96 Å². The highest BCUT2D eigenvalue weighted by Gasteiger charge is 2.11. The number of benzene rings is 1. The van der Waals surface area contributed by atoms with E-state index in [2.05, 4.69) is 60.4 Å². The van der Waals surface area contributed by atoms with Gasteiger partial charge in [-0.1, -0.05) is 44.2 Å². The molecular formula is C19H29N5. The molecule has 24 heavy (non-hydrogen) atoms. The highest BCUT2D eigenvalue weighted by Crippen LogP contribution is 2.15. The summed E-state index contributed by atoms with van der Waals surface area (Å²) in [6.45, 7) is 10.7. The molecule has 0 aliphatic rings. The topological polar surface area (TPSA) is 68.2 Å². The third-order valence-electron chi connectivity index (χ3n) is 4.14. The molecule has 0 fully saturated rings. The van der Waals surface area contributed by atoms with Gasteiger partial charge in [0.25, 0.3) is 0 Å². The van der Waals surface area contributed by atoms with E-state index in [4.69, 9.17) is 5.73 Å². The molecule has 0 aliphatic carbocycles. The molecule has 0 atom stereocenters. The van der Waals surface area contributed by atoms with Crippen molar-refractivity contribution in [1.82, 2.24) is 15.1 Å². The van der Waals surface area contributed by atoms with Crippen LogP contribution in [0.15, 0.2) is 35.3 Å². The lowest BCUT2D eigenvalue weighted by atomic mass is 10.1. The Hall–Kier alpha value is -2.30. The smallest absolute Gasteiger partial charge is 0.188 e. The van der Waals surface area contributed by atoms with Crippen molar-refractivity contribution in [2.75, 3.05) is 6.54 Å². The first-order chi connectivity index (χ1) is 11.5. The summed E-state index contributed by atoms with van der Waals surface area (Å²) in [5, 5.41) is 7.83. The minimum Gasteiger partial charge on any atom is -0.370 e. The quantitative estimate of drug-likeness (QED) is 0.607. The van der Waals surface area contributed by atoms with Gasteiger partial charge in [-0.25, -0.2) is 4.99 Å². The molecule has 1 aromatic heterocycles. The van der Waals surface area contributed by atoms with Gasteiger partial charge in [0, 0.05) is 17.8 Å². The molecular weight excluding hydrogens is 298 g/mol. The average Bonchev–Trinajstić information content (AvgIpc) is 2.80. The normalized spacial score (nSPS) is 12.0. The fraction of sp³-hybridized carbons (Fsp3) is 0.474. The molecule has 130 valence electrons. The third-order valence-corrected chi connectivity index (χ3v) is 4.14. The van der Waals surface area contributed by atoms with E-state index in [-0.39, 0.29) is 0 Å². The number of hydrogen-bond acceptors (Lipinski definition) is 2. The number of hydrogen-bond donors (Lipinski definition) is 2. The first-order valence-electron chi connectivity index (χ1n) is 8.58. The zero-order chi connectivity index (χ0) is 17.5. The zero-order valence-electron chi connectivity index (χ0n) is 15.2. The van der Waals surface area contributed by atoms with Crippen LogP contribution in [-0.2, 0) is 13.1 Å². The molecule has 0 bridgehead atoms. The summed E-state index contributed by atoms with van der Waals surface area (Å²) in [6, 6.07) is 10.4. The Morgan fingerprint density at radius 2 is 1.96 bits per heavy atom. The van der Waals surface area contributed by atoms with Crippen LogP contribution in [0.2, 0.25) is 0 Å². The molecule has 2 rings (SSSR count). The van der Waals surface area contributed by atoms with Gasteiger partial charge in [0.1, 0.15) is 0 Å². The fourth-order valence-electron chi connectivity index (χ4n) is 2.58. The van der Waals surface area contributed by atoms with Crippen LogP contribution >= 0.6 is 0 Å². The van der Waals surface area contributed by atoms with Crippen LogP contribution in [0.4, 0.5) is 0 Å². The zero-order valence-corrected chi connectivity index (χ0v) is 15.2. The monoisotopic (exact) mass is 327 g/mol. The predicted molar refractivity (Wildman–Crippen MR) is 100 cm³/mol. The van der Waals surface area contributed by atoms with Crippen LogP contribution in [-0.4, -0.2) is 22.3 Å². The summed E-state index contributed by atoms with van der Waals surface area (Å²) >= 11 is 0. The molecule has 0 saturated carbocycles. The van der Waals surface area contributed by atoms with Gasteiger partial charge < -0.3 is 11.1 Å². The van der Waals surface area contributed by atoms with Crippen LogP contribution in [0.1, 0.15) is 42.8 Å². The molecule has 2 aromatic rings. The minimum atomic E-state index is 0.505. The van der Waals surface area contributed by atoms with Gasteiger partial charge in [-0.05, 0) is 31.7 Å². The van der Waals surface area contributed by atoms with Crippen molar-refractivity contribution < 1.29 is 0 Å². The van der Waals surface area contributed by atoms with Crippen LogP contribution in [0.3, 0.4) is 0 Å². The maximum absolute atomic E-state index is 5.95. The Labute approximate surface area is 145 Å². The lowest BCUT2D eigenvalue weighted by molar-refractivity contribution is 0.576. The van der Waals surface area contributed by atoms with Crippen LogP contribution in [0, 0.1) is 19.8 Å². The lowest BCUT2D eigenvalue weighted by Crippen LogP contribution is -2.32. The number of nitrogens with zero attached hydrogens (tertiary/aromatic N) is 3. The summed E-state index contributed by atoms with van der Waals surface area (Å²) in [5.41, 5.74) is 10.5. The van der Waals surface area contributed by atoms with Crippen molar-refractivity contribution in [3.8, 4) is 0 Å². The van der Waals surface area contributed by atoms with Crippen molar-refractivity contribution in [3.05, 3.63) is 52.8 Å². The van der Waals surface area contributed by atoms with Gasteiger partial charge in [-0.2, -0.15) is 5.10 Å². The molecule has 5 nitrogen and oxygen atoms in total. The summed E-state index contributed by atoms with van der Waals surface area (Å²) < 4.78 is 2.04. The van der Waals surface area contributed by atoms with E-state index in [1.54, 1.807) is 0 Å². The highest BCUT2D eigenvalue weighted by molar-refractivity contribution is 5.77. The third kappa shape index (κ3) is 5.11. The first-order valence-corrected chi connectivity index (χ1v) is 8.58. The van der Waals surface area contributed by atoms with Crippen molar-refractivity contribution in [1.29, 1.82) is 0 Å². The Morgan fingerprint density at radius 3 is 2.62 bits per heavy atom. The summed E-state index contributed by atoms with van der Waals surface area (Å²) in [4.78, 5) is 4.46. The van der Waals surface area contributed by atoms with Crippen LogP contribution in [0.5, 0.6) is 0 Å². The Kier molecular flexibility index (Phi) is 6.41. The van der Waals surface area contributed by atoms with E-state index < -0.39 is 0 Å². The molecule has 5 heteroatoms. The minimum absolute atomic E-state index is 0.505. The second-order valence-corrected chi connectivity index (χ2v) is 6.60. The van der Waals surface area contributed by atoms with Crippen LogP contribution in [0.25, 0.3) is 0 Å². The SMILES string of the molecule is Cc1nn(Cc2ccccc2)c(C)c1CN=C(N)NCCC(C)C. The Morgan fingerprint density at radius 1 is 1.25 bits per heavy atom. The van der Waals surface area contributed by atoms with E-state index in [1.807, 2.05) is 17.7 Å². The summed E-state index contributed by atoms with van der Waals surface area (Å²) in [7, 11) is 0. The standard InChI is InChI=1S/C19H29N5/c1-14(2)10-11-21-19(20)22-12-18-15(3)23-24(16(18)4)13-17-8-6-5-7-9-17/h5-9,14H,10-13H2,1-4H3,(H3,20,21,22). The van der Waals surface area contributed by atoms with Gasteiger partial charge >= 0.3 is 0 Å². The van der Waals surface area contributed by atoms with Gasteiger partial charge in [-0.15, -0.1) is 0 Å². The van der Waals surface area contributed by atoms with E-state index in [9.17, 15) is 0 Å². The van der Waals surface area contributed by atoms with Gasteiger partial charge in [-0.3, -0.25) is 4.68 Å². The number of nitrogens with two attached hydrogens (primary N) is 1. The molecule has 0 aliphatic heterocycles. The maximum atomic E-state index is 5.95.